The molecule has 744 valence electrons. The summed E-state index contributed by atoms with van der Waals surface area (Å²) in [5.41, 5.74) is 10.2. The summed E-state index contributed by atoms with van der Waals surface area (Å²) in [4.78, 5) is 80.3. The molecule has 7 aliphatic rings. The molecule has 9 heterocycles. The first-order chi connectivity index (χ1) is 64.7. The molecular weight excluding hydrogens is 1930 g/mol. The quantitative estimate of drug-likeness (QED) is 0.0155. The largest absolute Gasteiger partial charge is 0.508 e. The number of aromatic hydroxyl groups is 1. The number of aromatic nitrogens is 6. The van der Waals surface area contributed by atoms with Crippen LogP contribution in [0.4, 0.5) is 55.6 Å². The molecule has 0 aliphatic carbocycles. The second kappa shape index (κ2) is 53.8. The number of phenols is 1. The Bertz CT molecular complexity index is 5300. The van der Waals surface area contributed by atoms with E-state index < -0.39 is 51.4 Å². The molecule has 0 saturated carbocycles. The minimum atomic E-state index is -1.83. The monoisotopic (exact) mass is 2040 g/mol. The number of H-pyrrole nitrogens is 1. The van der Waals surface area contributed by atoms with Gasteiger partial charge in [-0.25, -0.2) is 41.8 Å². The number of aryl methyl sites for hydroxylation is 5. The van der Waals surface area contributed by atoms with E-state index in [4.69, 9.17) is 58.8 Å². The highest BCUT2D eigenvalue weighted by molar-refractivity contribution is 9.10. The third-order valence-corrected chi connectivity index (χ3v) is 21.9. The summed E-state index contributed by atoms with van der Waals surface area (Å²) in [6.07, 6.45) is 11.1. The van der Waals surface area contributed by atoms with E-state index in [2.05, 4.69) is 78.3 Å². The van der Waals surface area contributed by atoms with Crippen LogP contribution in [0.15, 0.2) is 150 Å². The second-order valence-corrected chi connectivity index (χ2v) is 36.7. The predicted octanol–water partition coefficient (Wildman–Crippen LogP) is 15.2. The maximum Gasteiger partial charge on any atom is 0.488 e. The van der Waals surface area contributed by atoms with Crippen molar-refractivity contribution in [1.82, 2.24) is 54.9 Å². The SMILES string of the molecule is Brc1ncn[nH]1.CC(C)(C)OC(=O)N1CCC(O)CC1.Cc1cc(N)cc(OC2CCN(C3COC3)CC2)c1.Cc1cc(O)cc([N+](=O)[O-])c1.Cc1cc(OC2CCN(C(=O)OC(C)(C)C)CC2)cc([N+](=O)[O-])c1.Cc1cc(OC2CCN(C3COC3)CC2)cc([N+](=O)[O-])c1.Cc1cc(OC2CCNCC2)cc([N+](=O)[O-])c1.Fc1cc(F)cc(-n2cnc(Br)n2)c1.OB(O)c1cc(F)cc(F)c1. The van der Waals surface area contributed by atoms with E-state index in [9.17, 15) is 72.7 Å². The van der Waals surface area contributed by atoms with Crippen molar-refractivity contribution in [2.75, 3.05) is 97.6 Å². The topological polar surface area (TPSA) is 485 Å². The van der Waals surface area contributed by atoms with Gasteiger partial charge in [0.2, 0.25) is 4.73 Å². The highest BCUT2D eigenvalue weighted by atomic mass is 79.9. The Kier molecular flexibility index (Phi) is 43.4. The molecule has 137 heavy (non-hydrogen) atoms. The van der Waals surface area contributed by atoms with E-state index >= 15 is 0 Å². The zero-order chi connectivity index (χ0) is 100. The number of nitrogen functional groups attached to an aromatic ring is 1. The summed E-state index contributed by atoms with van der Waals surface area (Å²) >= 11 is 6.09. The third-order valence-electron chi connectivity index (χ3n) is 21.1. The summed E-state index contributed by atoms with van der Waals surface area (Å²) in [6, 6.07) is 31.2. The number of carbonyl (C=O) groups excluding carboxylic acids is 2. The van der Waals surface area contributed by atoms with Crippen LogP contribution in [-0.2, 0) is 18.9 Å². The number of nitrogens with zero attached hydrogens (tertiary/aromatic N) is 13. The number of phenolic OH excluding ortho intramolecular Hbond substituents is 1. The number of nitro benzene ring substituents is 4. The molecule has 45 heteroatoms. The van der Waals surface area contributed by atoms with Gasteiger partial charge < -0.3 is 79.0 Å². The number of hydrogen-bond donors (Lipinski definition) is 7. The number of halogens is 6. The van der Waals surface area contributed by atoms with Crippen LogP contribution < -0.4 is 35.5 Å². The number of piperidine rings is 5. The van der Waals surface area contributed by atoms with Crippen molar-refractivity contribution in [1.29, 1.82) is 0 Å². The van der Waals surface area contributed by atoms with Gasteiger partial charge >= 0.3 is 19.3 Å². The number of hydrogen-bond acceptors (Lipinski definition) is 30. The van der Waals surface area contributed by atoms with Crippen LogP contribution >= 0.6 is 31.9 Å². The molecule has 9 aromatic rings. The van der Waals surface area contributed by atoms with Gasteiger partial charge in [-0.3, -0.25) is 55.4 Å². The molecule has 0 bridgehead atoms. The normalized spacial score (nSPS) is 16.2. The molecule has 2 aromatic heterocycles. The lowest BCUT2D eigenvalue weighted by Gasteiger charge is -2.41. The summed E-state index contributed by atoms with van der Waals surface area (Å²) in [5.74, 6) is -0.410. The summed E-state index contributed by atoms with van der Waals surface area (Å²) in [7, 11) is -1.83. The number of aromatic amines is 1. The molecule has 0 radical (unpaired) electrons. The number of carbonyl (C=O) groups is 2. The third kappa shape index (κ3) is 40.4. The summed E-state index contributed by atoms with van der Waals surface area (Å²) < 4.78 is 97.3. The Morgan fingerprint density at radius 1 is 0.482 bits per heavy atom. The zero-order valence-electron chi connectivity index (χ0n) is 78.2. The van der Waals surface area contributed by atoms with E-state index in [0.717, 1.165) is 162 Å². The summed E-state index contributed by atoms with van der Waals surface area (Å²) in [6.45, 7) is 32.2. The van der Waals surface area contributed by atoms with E-state index in [1.165, 1.54) is 65.9 Å². The number of aliphatic hydroxyl groups is 1. The number of ether oxygens (including phenoxy) is 8. The van der Waals surface area contributed by atoms with E-state index in [1.54, 1.807) is 41.8 Å². The Balaban J connectivity index is 0.000000193. The Morgan fingerprint density at radius 2 is 0.832 bits per heavy atom. The highest BCUT2D eigenvalue weighted by Gasteiger charge is 2.34. The van der Waals surface area contributed by atoms with Gasteiger partial charge in [-0.2, -0.15) is 5.10 Å². The number of benzene rings is 7. The molecule has 7 aliphatic heterocycles. The van der Waals surface area contributed by atoms with Crippen molar-refractivity contribution in [2.45, 2.75) is 194 Å². The Hall–Kier alpha value is -11.8. The maximum absolute atomic E-state index is 12.8. The number of nitrogens with two attached hydrogens (primary N) is 1. The molecule has 0 atom stereocenters. The molecule has 0 unspecified atom stereocenters. The number of anilines is 1. The van der Waals surface area contributed by atoms with Crippen LogP contribution in [0.1, 0.15) is 134 Å². The fourth-order valence-corrected chi connectivity index (χ4v) is 14.9. The molecule has 2 amide bonds. The van der Waals surface area contributed by atoms with Gasteiger partial charge in [0.25, 0.3) is 22.7 Å². The van der Waals surface area contributed by atoms with Crippen molar-refractivity contribution in [3.05, 3.63) is 241 Å². The number of nitro groups is 4. The minimum absolute atomic E-state index is 0.0243. The first-order valence-electron chi connectivity index (χ1n) is 44.3. The fraction of sp³-hybridized carbons (Fsp3) is 0.478. The van der Waals surface area contributed by atoms with Crippen LogP contribution in [0, 0.1) is 98.3 Å². The zero-order valence-corrected chi connectivity index (χ0v) is 81.3. The molecule has 38 nitrogen and oxygen atoms in total. The summed E-state index contributed by atoms with van der Waals surface area (Å²) in [5, 5.41) is 91.1. The van der Waals surface area contributed by atoms with Crippen LogP contribution in [-0.4, -0.2) is 254 Å². The van der Waals surface area contributed by atoms with Crippen LogP contribution in [0.2, 0.25) is 0 Å². The smallest absolute Gasteiger partial charge is 0.488 e. The molecule has 0 spiro atoms. The second-order valence-electron chi connectivity index (χ2n) is 35.2. The van der Waals surface area contributed by atoms with Crippen molar-refractivity contribution in [3.63, 3.8) is 0 Å². The predicted molar refractivity (Wildman–Crippen MR) is 509 cm³/mol. The van der Waals surface area contributed by atoms with Gasteiger partial charge in [-0.15, -0.1) is 5.10 Å². The van der Waals surface area contributed by atoms with Crippen molar-refractivity contribution < 1.29 is 105 Å². The number of nitrogens with one attached hydrogen (secondary N) is 2. The molecule has 8 N–H and O–H groups in total. The number of amides is 2. The van der Waals surface area contributed by atoms with E-state index in [0.29, 0.717) is 114 Å². The molecule has 7 aromatic carbocycles. The molecular formula is C92H119BBr2F4N16O22. The lowest BCUT2D eigenvalue weighted by atomic mass is 9.80. The van der Waals surface area contributed by atoms with Crippen molar-refractivity contribution in [3.8, 4) is 34.4 Å². The molecule has 7 fully saturated rings. The van der Waals surface area contributed by atoms with Gasteiger partial charge in [0.1, 0.15) is 100 Å². The number of rotatable bonds is 16. The average molecular weight is 2050 g/mol. The minimum Gasteiger partial charge on any atom is -0.508 e. The van der Waals surface area contributed by atoms with Crippen LogP contribution in [0.3, 0.4) is 0 Å². The Labute approximate surface area is 807 Å². The van der Waals surface area contributed by atoms with Gasteiger partial charge in [0, 0.05) is 113 Å². The first-order valence-corrected chi connectivity index (χ1v) is 45.9. The van der Waals surface area contributed by atoms with Crippen molar-refractivity contribution in [2.24, 2.45) is 0 Å². The van der Waals surface area contributed by atoms with Gasteiger partial charge in [0.05, 0.1) is 94.3 Å². The fourth-order valence-electron chi connectivity index (χ4n) is 14.5. The molecule has 7 saturated heterocycles. The molecule has 16 rings (SSSR count). The van der Waals surface area contributed by atoms with Crippen molar-refractivity contribution >= 4 is 85.1 Å². The van der Waals surface area contributed by atoms with Gasteiger partial charge in [0.15, 0.2) is 4.73 Å². The van der Waals surface area contributed by atoms with Gasteiger partial charge in [-0.1, -0.05) is 0 Å². The number of likely N-dealkylation sites (tertiary alicyclic amines) is 4. The number of aliphatic hydroxyl groups excluding tert-OH is 1. The average Bonchev–Trinajstić information content (AvgIpc) is 1.72. The first kappa shape index (κ1) is 110. The standard InChI is InChI=1S/C17H24N2O5.C15H20N2O4.C15H22N2O2.C12H16N2O3.C10H19NO3.C8H4BrF2N3.C7H7NO3.C6H5BF2O2.C2H2BrN3/c1-12-9-13(19(21)22)11-15(10-12)23-14-5-7-18(8-6-14)16(20)24-17(2,3)4;1-11-6-12(17(18)19)8-15(7-11)21-14-2-4-16(5-3-14)13-9-20-10-13;1-11-6-12(16)8-15(7-11)19-14-2-4-17(5-3-14)13-9-18-10-13;1-9-6-10(14(15)16)8-12(7-9)17-11-2-4-13-5-3-11;1-10(2,3)14-9(13)11-6-4-8(12)5-7-11;9-8-12-4-14(13-8)7-2-5(10)1-6(11)3-7;1-5-2-6(8(10)11)4-7(9)3-5;8-5-1-4(7(10)11)2-6(9)3-5;3-2-4-1-5-6-2/h9-11,14H,5-8H2,1-4H3;6-8,13-14H,2-5,9-10H2,1H3;6-8,13-14H,2-5,9-10,16H2,1H3;6-8,11,13H,2-5H2,1H3;8,12H,4-7H2,1-3H3;1-4H;2-4,9H,1H3;1-3,10-11H;1H,(H,4,5,6). The number of non-ortho nitro benzene ring substituents is 4. The van der Waals surface area contributed by atoms with E-state index in [1.807, 2.05) is 86.6 Å². The maximum atomic E-state index is 12.8. The lowest BCUT2D eigenvalue weighted by molar-refractivity contribution is -0.385. The Morgan fingerprint density at radius 3 is 1.15 bits per heavy atom. The van der Waals surface area contributed by atoms with Gasteiger partial charge in [-0.05, 0) is 266 Å². The highest BCUT2D eigenvalue weighted by Crippen LogP contribution is 2.32. The van der Waals surface area contributed by atoms with Crippen LogP contribution in [0.25, 0.3) is 5.69 Å². The lowest BCUT2D eigenvalue weighted by Crippen LogP contribution is -2.52. The van der Waals surface area contributed by atoms with Crippen LogP contribution in [0.5, 0.6) is 28.7 Å². The van der Waals surface area contributed by atoms with E-state index in [-0.39, 0.29) is 80.4 Å².